The van der Waals surface area contributed by atoms with Crippen LogP contribution >= 0.6 is 0 Å². The summed E-state index contributed by atoms with van der Waals surface area (Å²) in [5.41, 5.74) is 0. The second kappa shape index (κ2) is 7.62. The van der Waals surface area contributed by atoms with E-state index >= 15 is 0 Å². The van der Waals surface area contributed by atoms with Gasteiger partial charge in [-0.05, 0) is 26.1 Å². The summed E-state index contributed by atoms with van der Waals surface area (Å²) in [5.74, 6) is 0. The molecule has 0 saturated carbocycles. The zero-order valence-electron chi connectivity index (χ0n) is 12.0. The minimum atomic E-state index is -3.40. The third-order valence-electron chi connectivity index (χ3n) is 3.24. The zero-order chi connectivity index (χ0) is 14.3. The first-order valence-electron chi connectivity index (χ1n) is 6.77. The Morgan fingerprint density at radius 1 is 1.16 bits per heavy atom. The molecule has 0 atom stereocenters. The molecule has 0 unspecified atom stereocenters. The van der Waals surface area contributed by atoms with Crippen molar-refractivity contribution >= 4 is 10.0 Å². The Balaban J connectivity index is 2.59. The number of hydrogen-bond donors (Lipinski definition) is 1. The fourth-order valence-electron chi connectivity index (χ4n) is 1.99. The number of aromatic amines is 1. The Labute approximate surface area is 115 Å². The van der Waals surface area contributed by atoms with Gasteiger partial charge >= 0.3 is 0 Å². The molecule has 7 heteroatoms. The van der Waals surface area contributed by atoms with E-state index in [1.807, 2.05) is 6.92 Å². The molecule has 110 valence electrons. The first-order chi connectivity index (χ1) is 9.06. The fraction of sp³-hybridized carbons (Fsp3) is 0.750. The number of nitrogens with one attached hydrogen (secondary N) is 1. The molecule has 0 aliphatic carbocycles. The molecule has 1 rings (SSSR count). The lowest BCUT2D eigenvalue weighted by Gasteiger charge is -2.22. The van der Waals surface area contributed by atoms with Gasteiger partial charge in [0.15, 0.2) is 0 Å². The number of nitrogens with zero attached hydrogens (tertiary/aromatic N) is 3. The Kier molecular flexibility index (Phi) is 6.47. The molecule has 19 heavy (non-hydrogen) atoms. The van der Waals surface area contributed by atoms with E-state index in [1.54, 1.807) is 0 Å². The van der Waals surface area contributed by atoms with E-state index in [9.17, 15) is 8.42 Å². The van der Waals surface area contributed by atoms with E-state index in [-0.39, 0.29) is 4.90 Å². The number of sulfonamides is 1. The van der Waals surface area contributed by atoms with Crippen molar-refractivity contribution < 1.29 is 8.42 Å². The van der Waals surface area contributed by atoms with E-state index in [4.69, 9.17) is 0 Å². The zero-order valence-corrected chi connectivity index (χ0v) is 12.8. The number of hydrogen-bond acceptors (Lipinski definition) is 4. The first kappa shape index (κ1) is 16.1. The maximum absolute atomic E-state index is 12.3. The number of aromatic nitrogens is 2. The summed E-state index contributed by atoms with van der Waals surface area (Å²) in [4.78, 5) is 2.52. The van der Waals surface area contributed by atoms with Gasteiger partial charge < -0.3 is 4.90 Å². The normalized spacial score (nSPS) is 12.5. The predicted octanol–water partition coefficient (Wildman–Crippen LogP) is 1.15. The molecule has 1 heterocycles. The molecular weight excluding hydrogens is 264 g/mol. The van der Waals surface area contributed by atoms with Crippen molar-refractivity contribution in [3.8, 4) is 0 Å². The average Bonchev–Trinajstić information content (AvgIpc) is 2.93. The first-order valence-corrected chi connectivity index (χ1v) is 8.21. The van der Waals surface area contributed by atoms with Gasteiger partial charge in [0.1, 0.15) is 4.90 Å². The van der Waals surface area contributed by atoms with Gasteiger partial charge in [0.05, 0.1) is 6.20 Å². The summed E-state index contributed by atoms with van der Waals surface area (Å²) in [6.45, 7) is 10.0. The van der Waals surface area contributed by atoms with Gasteiger partial charge in [-0.2, -0.15) is 9.40 Å². The maximum Gasteiger partial charge on any atom is 0.246 e. The van der Waals surface area contributed by atoms with Gasteiger partial charge in [-0.25, -0.2) is 8.42 Å². The van der Waals surface area contributed by atoms with Gasteiger partial charge in [0, 0.05) is 19.3 Å². The Hall–Kier alpha value is -0.920. The molecule has 1 N–H and O–H groups in total. The molecule has 0 radical (unpaired) electrons. The fourth-order valence-corrected chi connectivity index (χ4v) is 3.38. The lowest BCUT2D eigenvalue weighted by atomic mass is 10.3. The van der Waals surface area contributed by atoms with Crippen LogP contribution in [0.1, 0.15) is 27.2 Å². The average molecular weight is 288 g/mol. The topological polar surface area (TPSA) is 69.3 Å². The minimum Gasteiger partial charge on any atom is -0.304 e. The van der Waals surface area contributed by atoms with Crippen LogP contribution in [-0.2, 0) is 10.0 Å². The summed E-state index contributed by atoms with van der Waals surface area (Å²) < 4.78 is 26.1. The van der Waals surface area contributed by atoms with Crippen LogP contribution in [0, 0.1) is 0 Å². The summed E-state index contributed by atoms with van der Waals surface area (Å²) in [6, 6.07) is 0. The third kappa shape index (κ3) is 4.29. The van der Waals surface area contributed by atoms with E-state index in [0.29, 0.717) is 13.1 Å². The molecule has 0 aliphatic rings. The summed E-state index contributed by atoms with van der Waals surface area (Å²) >= 11 is 0. The summed E-state index contributed by atoms with van der Waals surface area (Å²) in [5, 5.41) is 6.24. The van der Waals surface area contributed by atoms with Gasteiger partial charge in [-0.3, -0.25) is 5.10 Å². The monoisotopic (exact) mass is 288 g/mol. The maximum atomic E-state index is 12.3. The van der Waals surface area contributed by atoms with E-state index in [1.165, 1.54) is 16.7 Å². The van der Waals surface area contributed by atoms with Crippen LogP contribution in [-0.4, -0.2) is 60.5 Å². The van der Waals surface area contributed by atoms with E-state index < -0.39 is 10.0 Å². The smallest absolute Gasteiger partial charge is 0.246 e. The Bertz CT molecular complexity index is 440. The minimum absolute atomic E-state index is 0.234. The lowest BCUT2D eigenvalue weighted by molar-refractivity contribution is 0.285. The van der Waals surface area contributed by atoms with Crippen molar-refractivity contribution in [2.24, 2.45) is 0 Å². The highest BCUT2D eigenvalue weighted by Crippen LogP contribution is 2.13. The number of rotatable bonds is 9. The van der Waals surface area contributed by atoms with Gasteiger partial charge in [-0.1, -0.05) is 20.8 Å². The van der Waals surface area contributed by atoms with Crippen LogP contribution in [0.3, 0.4) is 0 Å². The summed E-state index contributed by atoms with van der Waals surface area (Å²) in [7, 11) is -3.40. The van der Waals surface area contributed by atoms with Crippen molar-refractivity contribution in [3.63, 3.8) is 0 Å². The molecule has 6 nitrogen and oxygen atoms in total. The van der Waals surface area contributed by atoms with Crippen LogP contribution in [0.2, 0.25) is 0 Å². The largest absolute Gasteiger partial charge is 0.304 e. The standard InChI is InChI=1S/C12H24N4O2S/c1-4-15(5-2)8-7-9-16(6-3)19(17,18)12-10-13-14-11-12/h10-11H,4-9H2,1-3H3,(H,13,14). The molecule has 0 fully saturated rings. The van der Waals surface area contributed by atoms with Crippen molar-refractivity contribution in [1.29, 1.82) is 0 Å². The molecule has 0 saturated heterocycles. The molecule has 1 aromatic rings. The lowest BCUT2D eigenvalue weighted by Crippen LogP contribution is -2.34. The quantitative estimate of drug-likeness (QED) is 0.740. The molecule has 0 amide bonds. The second-order valence-electron chi connectivity index (χ2n) is 4.31. The highest BCUT2D eigenvalue weighted by atomic mass is 32.2. The van der Waals surface area contributed by atoms with Crippen molar-refractivity contribution in [2.45, 2.75) is 32.1 Å². The van der Waals surface area contributed by atoms with Crippen molar-refractivity contribution in [2.75, 3.05) is 32.7 Å². The van der Waals surface area contributed by atoms with Crippen LogP contribution < -0.4 is 0 Å². The second-order valence-corrected chi connectivity index (χ2v) is 6.25. The molecule has 0 bridgehead atoms. The predicted molar refractivity (Wildman–Crippen MR) is 75.4 cm³/mol. The van der Waals surface area contributed by atoms with Crippen LogP contribution in [0.25, 0.3) is 0 Å². The Morgan fingerprint density at radius 2 is 1.84 bits per heavy atom. The third-order valence-corrected chi connectivity index (χ3v) is 5.18. The van der Waals surface area contributed by atoms with Crippen LogP contribution in [0.4, 0.5) is 0 Å². The molecule has 1 aromatic heterocycles. The highest BCUT2D eigenvalue weighted by Gasteiger charge is 2.23. The van der Waals surface area contributed by atoms with Gasteiger partial charge in [-0.15, -0.1) is 0 Å². The molecule has 0 aliphatic heterocycles. The van der Waals surface area contributed by atoms with E-state index in [2.05, 4.69) is 28.9 Å². The van der Waals surface area contributed by atoms with Crippen molar-refractivity contribution in [1.82, 2.24) is 19.4 Å². The van der Waals surface area contributed by atoms with Gasteiger partial charge in [0.25, 0.3) is 0 Å². The highest BCUT2D eigenvalue weighted by molar-refractivity contribution is 7.89. The van der Waals surface area contributed by atoms with Crippen molar-refractivity contribution in [3.05, 3.63) is 12.4 Å². The molecule has 0 aromatic carbocycles. The van der Waals surface area contributed by atoms with Crippen LogP contribution in [0.15, 0.2) is 17.3 Å². The van der Waals surface area contributed by atoms with Gasteiger partial charge in [0.2, 0.25) is 10.0 Å². The molecular formula is C12H24N4O2S. The number of H-pyrrole nitrogens is 1. The Morgan fingerprint density at radius 3 is 2.32 bits per heavy atom. The SMILES string of the molecule is CCN(CC)CCCN(CC)S(=O)(=O)c1cn[nH]c1. The molecule has 0 spiro atoms. The summed E-state index contributed by atoms with van der Waals surface area (Å²) in [6.07, 6.45) is 3.61. The van der Waals surface area contributed by atoms with E-state index in [0.717, 1.165) is 26.1 Å². The van der Waals surface area contributed by atoms with Crippen LogP contribution in [0.5, 0.6) is 0 Å².